The summed E-state index contributed by atoms with van der Waals surface area (Å²) in [6, 6.07) is 15.8. The minimum atomic E-state index is 0.125. The molecule has 0 aliphatic heterocycles. The van der Waals surface area contributed by atoms with Gasteiger partial charge in [0.25, 0.3) is 6.47 Å². The third-order valence-corrected chi connectivity index (χ3v) is 3.33. The number of carbonyl (C=O) groups is 1. The Hall–Kier alpha value is -2.64. The van der Waals surface area contributed by atoms with E-state index in [1.54, 1.807) is 6.07 Å². The Kier molecular flexibility index (Phi) is 17.9. The number of benzene rings is 2. The van der Waals surface area contributed by atoms with Gasteiger partial charge < -0.3 is 10.5 Å². The molecule has 2 N–H and O–H groups in total. The zero-order valence-corrected chi connectivity index (χ0v) is 17.6. The predicted octanol–water partition coefficient (Wildman–Crippen LogP) is 5.81. The average molecular weight is 371 g/mol. The van der Waals surface area contributed by atoms with Crippen LogP contribution in [0.15, 0.2) is 42.5 Å². The van der Waals surface area contributed by atoms with Gasteiger partial charge in [-0.2, -0.15) is 5.26 Å². The number of aryl methyl sites for hydroxylation is 2. The van der Waals surface area contributed by atoms with Crippen LogP contribution in [0.1, 0.15) is 51.7 Å². The second-order valence-corrected chi connectivity index (χ2v) is 5.42. The molecule has 0 amide bonds. The van der Waals surface area contributed by atoms with E-state index in [0.717, 1.165) is 16.7 Å². The van der Waals surface area contributed by atoms with Crippen LogP contribution in [0.5, 0.6) is 5.75 Å². The molecule has 2 aromatic carbocycles. The lowest BCUT2D eigenvalue weighted by Gasteiger charge is -2.07. The first kappa shape index (κ1) is 26.6. The molecule has 0 atom stereocenters. The van der Waals surface area contributed by atoms with E-state index in [1.807, 2.05) is 39.0 Å². The fraction of sp³-hybridized carbons (Fsp3) is 0.391. The first-order chi connectivity index (χ1) is 13.0. The van der Waals surface area contributed by atoms with E-state index in [-0.39, 0.29) is 6.54 Å². The number of nitrogens with zero attached hydrogens (tertiary/aromatic N) is 1. The molecule has 2 aromatic rings. The molecular formula is C23H34N2O2. The van der Waals surface area contributed by atoms with Crippen LogP contribution in [0.2, 0.25) is 0 Å². The normalized spacial score (nSPS) is 8.37. The van der Waals surface area contributed by atoms with E-state index in [4.69, 9.17) is 10.00 Å². The summed E-state index contributed by atoms with van der Waals surface area (Å²) in [5, 5.41) is 7.50. The molecule has 27 heavy (non-hydrogen) atoms. The maximum atomic E-state index is 10.3. The highest BCUT2D eigenvalue weighted by atomic mass is 16.5. The average Bonchev–Trinajstić information content (AvgIpc) is 2.72. The van der Waals surface area contributed by atoms with Crippen molar-refractivity contribution in [1.82, 2.24) is 0 Å². The second-order valence-electron chi connectivity index (χ2n) is 5.42. The van der Waals surface area contributed by atoms with Crippen molar-refractivity contribution in [2.24, 2.45) is 5.73 Å². The van der Waals surface area contributed by atoms with Crippen molar-refractivity contribution in [1.29, 1.82) is 5.26 Å². The molecule has 0 bridgehead atoms. The third kappa shape index (κ3) is 12.4. The highest BCUT2D eigenvalue weighted by Gasteiger charge is 2.02. The Bertz CT molecular complexity index is 657. The van der Waals surface area contributed by atoms with Crippen molar-refractivity contribution in [2.45, 2.75) is 54.4 Å². The van der Waals surface area contributed by atoms with Gasteiger partial charge in [-0.3, -0.25) is 4.79 Å². The molecule has 0 heterocycles. The molecular weight excluding hydrogens is 336 g/mol. The molecule has 2 rings (SSSR count). The van der Waals surface area contributed by atoms with Gasteiger partial charge in [0.2, 0.25) is 0 Å². The summed E-state index contributed by atoms with van der Waals surface area (Å²) in [6.07, 6.45) is 2.64. The fourth-order valence-corrected chi connectivity index (χ4v) is 1.76. The first-order valence-electron chi connectivity index (χ1n) is 9.38. The Morgan fingerprint density at radius 3 is 1.85 bits per heavy atom. The van der Waals surface area contributed by atoms with E-state index in [9.17, 15) is 4.79 Å². The van der Waals surface area contributed by atoms with Crippen molar-refractivity contribution >= 4 is 6.47 Å². The van der Waals surface area contributed by atoms with Crippen molar-refractivity contribution in [2.75, 3.05) is 6.54 Å². The van der Waals surface area contributed by atoms with Gasteiger partial charge in [-0.05, 0) is 42.7 Å². The first-order valence-corrected chi connectivity index (χ1v) is 9.38. The van der Waals surface area contributed by atoms with Crippen LogP contribution in [-0.2, 0) is 4.79 Å². The van der Waals surface area contributed by atoms with Crippen LogP contribution in [0.4, 0.5) is 0 Å². The highest BCUT2D eigenvalue weighted by Crippen LogP contribution is 2.26. The van der Waals surface area contributed by atoms with Crippen molar-refractivity contribution in [3.05, 3.63) is 53.6 Å². The molecule has 0 radical (unpaired) electrons. The number of carbonyl (C=O) groups excluding carboxylic acids is 1. The Labute approximate surface area is 165 Å². The molecule has 0 aromatic heterocycles. The SMILES string of the molecule is CC.CCCC.Cc1ccc(-c2ccc(OC=O)c(C)c2)cc1.N#CCN. The van der Waals surface area contributed by atoms with Gasteiger partial charge in [0.15, 0.2) is 0 Å². The van der Waals surface area contributed by atoms with Gasteiger partial charge in [-0.1, -0.05) is 76.4 Å². The third-order valence-electron chi connectivity index (χ3n) is 3.33. The van der Waals surface area contributed by atoms with Gasteiger partial charge >= 0.3 is 0 Å². The number of hydrogen-bond donors (Lipinski definition) is 1. The van der Waals surface area contributed by atoms with E-state index < -0.39 is 0 Å². The molecule has 0 spiro atoms. The number of nitriles is 1. The summed E-state index contributed by atoms with van der Waals surface area (Å²) in [7, 11) is 0. The van der Waals surface area contributed by atoms with Crippen molar-refractivity contribution in [3.8, 4) is 22.9 Å². The maximum absolute atomic E-state index is 10.3. The molecule has 4 heteroatoms. The molecule has 148 valence electrons. The van der Waals surface area contributed by atoms with E-state index >= 15 is 0 Å². The molecule has 0 unspecified atom stereocenters. The van der Waals surface area contributed by atoms with Gasteiger partial charge in [-0.25, -0.2) is 0 Å². The molecule has 0 fully saturated rings. The number of unbranched alkanes of at least 4 members (excludes halogenated alkanes) is 1. The fourth-order valence-electron chi connectivity index (χ4n) is 1.76. The van der Waals surface area contributed by atoms with Crippen molar-refractivity contribution < 1.29 is 9.53 Å². The number of ether oxygens (including phenoxy) is 1. The lowest BCUT2D eigenvalue weighted by molar-refractivity contribution is -0.120. The lowest BCUT2D eigenvalue weighted by atomic mass is 10.0. The van der Waals surface area contributed by atoms with Crippen LogP contribution >= 0.6 is 0 Å². The molecule has 0 aliphatic carbocycles. The zero-order chi connectivity index (χ0) is 21.1. The summed E-state index contributed by atoms with van der Waals surface area (Å²) in [6.45, 7) is 12.9. The second kappa shape index (κ2) is 18.2. The zero-order valence-electron chi connectivity index (χ0n) is 17.6. The minimum absolute atomic E-state index is 0.125. The van der Waals surface area contributed by atoms with Crippen LogP contribution in [0.3, 0.4) is 0 Å². The monoisotopic (exact) mass is 370 g/mol. The quantitative estimate of drug-likeness (QED) is 0.544. The van der Waals surface area contributed by atoms with E-state index in [0.29, 0.717) is 12.2 Å². The topological polar surface area (TPSA) is 76.1 Å². The Morgan fingerprint density at radius 1 is 1.00 bits per heavy atom. The predicted molar refractivity (Wildman–Crippen MR) is 115 cm³/mol. The van der Waals surface area contributed by atoms with Gasteiger partial charge in [0.05, 0.1) is 12.6 Å². The van der Waals surface area contributed by atoms with Crippen LogP contribution in [0.25, 0.3) is 11.1 Å². The van der Waals surface area contributed by atoms with Crippen LogP contribution in [-0.4, -0.2) is 13.0 Å². The number of nitrogens with two attached hydrogens (primary N) is 1. The molecule has 0 aliphatic rings. The van der Waals surface area contributed by atoms with E-state index in [1.165, 1.54) is 18.4 Å². The summed E-state index contributed by atoms with van der Waals surface area (Å²) in [5.41, 5.74) is 9.15. The molecule has 0 saturated heterocycles. The van der Waals surface area contributed by atoms with E-state index in [2.05, 4.69) is 50.8 Å². The largest absolute Gasteiger partial charge is 0.428 e. The smallest absolute Gasteiger partial charge is 0.298 e. The van der Waals surface area contributed by atoms with Crippen LogP contribution < -0.4 is 10.5 Å². The standard InChI is InChI=1S/C15H14O2.C4H10.C2H4N2.C2H6/c1-11-3-5-13(6-4-11)14-7-8-15(17-10-16)12(2)9-14;1-3-4-2;3-1-2-4;1-2/h3-10H,1-2H3;3-4H2,1-2H3;1,3H2;1-2H3. The lowest BCUT2D eigenvalue weighted by Crippen LogP contribution is -1.91. The van der Waals surface area contributed by atoms with Crippen molar-refractivity contribution in [3.63, 3.8) is 0 Å². The summed E-state index contributed by atoms with van der Waals surface area (Å²) in [4.78, 5) is 10.3. The summed E-state index contributed by atoms with van der Waals surface area (Å²) >= 11 is 0. The van der Waals surface area contributed by atoms with Crippen LogP contribution in [0, 0.1) is 25.2 Å². The summed E-state index contributed by atoms with van der Waals surface area (Å²) < 4.78 is 4.87. The highest BCUT2D eigenvalue weighted by molar-refractivity contribution is 5.66. The summed E-state index contributed by atoms with van der Waals surface area (Å²) in [5.74, 6) is 0.607. The van der Waals surface area contributed by atoms with Gasteiger partial charge in [0, 0.05) is 0 Å². The Morgan fingerprint density at radius 2 is 1.48 bits per heavy atom. The number of hydrogen-bond acceptors (Lipinski definition) is 4. The van der Waals surface area contributed by atoms with Gasteiger partial charge in [0.1, 0.15) is 5.75 Å². The molecule has 4 nitrogen and oxygen atoms in total. The number of rotatable bonds is 4. The minimum Gasteiger partial charge on any atom is -0.428 e. The Balaban J connectivity index is 0. The maximum Gasteiger partial charge on any atom is 0.298 e. The van der Waals surface area contributed by atoms with Gasteiger partial charge in [-0.15, -0.1) is 0 Å². The molecule has 0 saturated carbocycles.